The van der Waals surface area contributed by atoms with Crippen molar-refractivity contribution < 1.29 is 0 Å². The summed E-state index contributed by atoms with van der Waals surface area (Å²) in [6.45, 7) is 19.2. The van der Waals surface area contributed by atoms with Gasteiger partial charge in [0.15, 0.2) is 0 Å². The molecule has 2 nitrogen and oxygen atoms in total. The van der Waals surface area contributed by atoms with E-state index in [1.54, 1.807) is 0 Å². The molecular weight excluding hydrogens is 340 g/mol. The Kier molecular flexibility index (Phi) is 7.37. The summed E-state index contributed by atoms with van der Waals surface area (Å²) in [5, 5.41) is 0. The van der Waals surface area contributed by atoms with E-state index in [-0.39, 0.29) is 22.2 Å². The van der Waals surface area contributed by atoms with Gasteiger partial charge >= 0.3 is 0 Å². The molecule has 2 aliphatic heterocycles. The summed E-state index contributed by atoms with van der Waals surface area (Å²) in [4.78, 5) is 5.23. The first kappa shape index (κ1) is 23.4. The van der Waals surface area contributed by atoms with Crippen molar-refractivity contribution in [2.24, 2.45) is 0 Å². The van der Waals surface area contributed by atoms with Crippen molar-refractivity contribution in [2.75, 3.05) is 0 Å². The highest BCUT2D eigenvalue weighted by Crippen LogP contribution is 2.39. The molecule has 2 heterocycles. The van der Waals surface area contributed by atoms with Crippen LogP contribution in [0.1, 0.15) is 120 Å². The summed E-state index contributed by atoms with van der Waals surface area (Å²) >= 11 is 0. The van der Waals surface area contributed by atoms with E-state index < -0.39 is 0 Å². The third kappa shape index (κ3) is 5.80. The third-order valence-corrected chi connectivity index (χ3v) is 7.26. The lowest BCUT2D eigenvalue weighted by Gasteiger charge is -2.53. The fourth-order valence-electron chi connectivity index (χ4n) is 5.72. The molecule has 2 aliphatic rings. The average molecular weight is 389 g/mol. The molecule has 0 N–H and O–H groups in total. The van der Waals surface area contributed by atoms with Crippen LogP contribution < -0.4 is 0 Å². The lowest BCUT2D eigenvalue weighted by Crippen LogP contribution is -2.55. The summed E-state index contributed by atoms with van der Waals surface area (Å²) in [6, 6.07) is 0. The Hall–Kier alpha value is -0.920. The highest BCUT2D eigenvalue weighted by molar-refractivity contribution is 5.04. The topological polar surface area (TPSA) is 6.48 Å². The molecule has 0 saturated carbocycles. The molecule has 0 amide bonds. The molecule has 0 aromatic heterocycles. The Morgan fingerprint density at radius 1 is 0.536 bits per heavy atom. The van der Waals surface area contributed by atoms with Gasteiger partial charge in [-0.25, -0.2) is 0 Å². The minimum Gasteiger partial charge on any atom is -0.368 e. The SMILES string of the molecule is CC1(C)CCCC(C)(C)N1/C=C/CCCC/C=C/N1C(C)(C)CCCC1(C)C. The van der Waals surface area contributed by atoms with E-state index in [9.17, 15) is 0 Å². The summed E-state index contributed by atoms with van der Waals surface area (Å²) < 4.78 is 0. The van der Waals surface area contributed by atoms with Crippen LogP contribution in [-0.2, 0) is 0 Å². The van der Waals surface area contributed by atoms with Gasteiger partial charge in [-0.05, 0) is 132 Å². The van der Waals surface area contributed by atoms with Crippen LogP contribution in [0.2, 0.25) is 0 Å². The first-order valence-electron chi connectivity index (χ1n) is 11.8. The molecule has 0 aromatic carbocycles. The van der Waals surface area contributed by atoms with Gasteiger partial charge in [-0.3, -0.25) is 0 Å². The molecule has 2 fully saturated rings. The van der Waals surface area contributed by atoms with Gasteiger partial charge < -0.3 is 9.80 Å². The third-order valence-electron chi connectivity index (χ3n) is 7.26. The van der Waals surface area contributed by atoms with Gasteiger partial charge in [0, 0.05) is 22.2 Å². The largest absolute Gasteiger partial charge is 0.368 e. The zero-order valence-corrected chi connectivity index (χ0v) is 20.3. The van der Waals surface area contributed by atoms with Crippen LogP contribution in [0.25, 0.3) is 0 Å². The van der Waals surface area contributed by atoms with Crippen LogP contribution in [0.15, 0.2) is 24.6 Å². The standard InChI is InChI=1S/C26H48N2/c1-23(2)17-15-18-24(3,4)27(23)21-13-11-9-10-12-14-22-28-25(5,6)19-16-20-26(28,7)8/h13-14,21-22H,9-12,15-20H2,1-8H3/b21-13+,22-14+. The maximum Gasteiger partial charge on any atom is 0.0346 e. The van der Waals surface area contributed by atoms with Gasteiger partial charge in [0.05, 0.1) is 0 Å². The van der Waals surface area contributed by atoms with E-state index in [0.29, 0.717) is 0 Å². The molecule has 2 saturated heterocycles. The monoisotopic (exact) mass is 388 g/mol. The number of rotatable bonds is 7. The summed E-state index contributed by atoms with van der Waals surface area (Å²) in [7, 11) is 0. The van der Waals surface area contributed by atoms with Crippen molar-refractivity contribution in [3.8, 4) is 0 Å². The van der Waals surface area contributed by atoms with Crippen LogP contribution >= 0.6 is 0 Å². The van der Waals surface area contributed by atoms with Gasteiger partial charge in [0.25, 0.3) is 0 Å². The van der Waals surface area contributed by atoms with Crippen molar-refractivity contribution in [3.05, 3.63) is 24.6 Å². The van der Waals surface area contributed by atoms with Crippen LogP contribution in [0.5, 0.6) is 0 Å². The normalized spacial score (nSPS) is 26.3. The zero-order valence-electron chi connectivity index (χ0n) is 20.3. The maximum atomic E-state index is 2.62. The number of nitrogens with zero attached hydrogens (tertiary/aromatic N) is 2. The van der Waals surface area contributed by atoms with Gasteiger partial charge in [-0.1, -0.05) is 12.2 Å². The molecule has 0 aromatic rings. The van der Waals surface area contributed by atoms with Gasteiger partial charge in [0.2, 0.25) is 0 Å². The van der Waals surface area contributed by atoms with Gasteiger partial charge in [0.1, 0.15) is 0 Å². The summed E-state index contributed by atoms with van der Waals surface area (Å²) in [5.41, 5.74) is 1.15. The molecule has 2 rings (SSSR count). The molecule has 0 radical (unpaired) electrons. The smallest absolute Gasteiger partial charge is 0.0346 e. The van der Waals surface area contributed by atoms with E-state index in [1.807, 2.05) is 0 Å². The van der Waals surface area contributed by atoms with Crippen LogP contribution in [-0.4, -0.2) is 32.0 Å². The predicted molar refractivity (Wildman–Crippen MR) is 124 cm³/mol. The van der Waals surface area contributed by atoms with Gasteiger partial charge in [-0.2, -0.15) is 0 Å². The molecule has 162 valence electrons. The average Bonchev–Trinajstić information content (AvgIpc) is 2.52. The Bertz CT molecular complexity index is 469. The number of hydrogen-bond acceptors (Lipinski definition) is 2. The Labute approximate surface area is 176 Å². The van der Waals surface area contributed by atoms with Crippen molar-refractivity contribution >= 4 is 0 Å². The minimum absolute atomic E-state index is 0.287. The van der Waals surface area contributed by atoms with Crippen molar-refractivity contribution in [2.45, 2.75) is 142 Å². The lowest BCUT2D eigenvalue weighted by molar-refractivity contribution is 0.0185. The highest BCUT2D eigenvalue weighted by Gasteiger charge is 2.39. The van der Waals surface area contributed by atoms with Crippen LogP contribution in [0.4, 0.5) is 0 Å². The maximum absolute atomic E-state index is 2.62. The second kappa shape index (κ2) is 8.84. The minimum atomic E-state index is 0.287. The van der Waals surface area contributed by atoms with E-state index in [1.165, 1.54) is 64.2 Å². The quantitative estimate of drug-likeness (QED) is 0.413. The zero-order chi connectivity index (χ0) is 21.1. The Morgan fingerprint density at radius 2 is 0.821 bits per heavy atom. The number of unbranched alkanes of at least 4 members (excludes halogenated alkanes) is 3. The van der Waals surface area contributed by atoms with E-state index >= 15 is 0 Å². The molecule has 0 spiro atoms. The highest BCUT2D eigenvalue weighted by atomic mass is 15.2. The molecular formula is C26H48N2. The van der Waals surface area contributed by atoms with Crippen molar-refractivity contribution in [1.29, 1.82) is 0 Å². The van der Waals surface area contributed by atoms with Crippen LogP contribution in [0, 0.1) is 0 Å². The Balaban J connectivity index is 1.75. The molecule has 28 heavy (non-hydrogen) atoms. The van der Waals surface area contributed by atoms with Crippen molar-refractivity contribution in [1.82, 2.24) is 9.80 Å². The second-order valence-electron chi connectivity index (χ2n) is 11.8. The molecule has 0 aliphatic carbocycles. The summed E-state index contributed by atoms with van der Waals surface area (Å²) in [6.07, 6.45) is 22.5. The van der Waals surface area contributed by atoms with E-state index in [4.69, 9.17) is 0 Å². The van der Waals surface area contributed by atoms with E-state index in [0.717, 1.165) is 0 Å². The second-order valence-corrected chi connectivity index (χ2v) is 11.8. The molecule has 0 unspecified atom stereocenters. The fourth-order valence-corrected chi connectivity index (χ4v) is 5.72. The molecule has 2 heteroatoms. The summed E-state index contributed by atoms with van der Waals surface area (Å²) in [5.74, 6) is 0. The van der Waals surface area contributed by atoms with Crippen LogP contribution in [0.3, 0.4) is 0 Å². The number of allylic oxidation sites excluding steroid dienone is 2. The lowest BCUT2D eigenvalue weighted by atomic mass is 9.80. The van der Waals surface area contributed by atoms with Crippen molar-refractivity contribution in [3.63, 3.8) is 0 Å². The molecule has 0 bridgehead atoms. The van der Waals surface area contributed by atoms with Gasteiger partial charge in [-0.15, -0.1) is 0 Å². The number of likely N-dealkylation sites (tertiary alicyclic amines) is 2. The van der Waals surface area contributed by atoms with E-state index in [2.05, 4.69) is 89.7 Å². The predicted octanol–water partition coefficient (Wildman–Crippen LogP) is 7.66. The Morgan fingerprint density at radius 3 is 1.11 bits per heavy atom. The number of hydrogen-bond donors (Lipinski definition) is 0. The first-order chi connectivity index (χ1) is 12.9. The first-order valence-corrected chi connectivity index (χ1v) is 11.8. The number of piperidine rings is 2. The molecule has 0 atom stereocenters. The fraction of sp³-hybridized carbons (Fsp3) is 0.846.